The van der Waals surface area contributed by atoms with Crippen LogP contribution in [0, 0.1) is 23.2 Å². The minimum absolute atomic E-state index is 0.114. The summed E-state index contributed by atoms with van der Waals surface area (Å²) in [7, 11) is 0. The summed E-state index contributed by atoms with van der Waals surface area (Å²) in [6, 6.07) is 2.09. The summed E-state index contributed by atoms with van der Waals surface area (Å²) >= 11 is 5.25. The fourth-order valence-corrected chi connectivity index (χ4v) is 7.82. The molecule has 3 nitrogen and oxygen atoms in total. The lowest BCUT2D eigenvalue weighted by molar-refractivity contribution is 0.0198. The van der Waals surface area contributed by atoms with E-state index >= 15 is 0 Å². The predicted octanol–water partition coefficient (Wildman–Crippen LogP) is 4.53. The van der Waals surface area contributed by atoms with Gasteiger partial charge in [-0.25, -0.2) is 0 Å². The van der Waals surface area contributed by atoms with Crippen LogP contribution in [0.25, 0.3) is 0 Å². The molecule has 1 aromatic heterocycles. The third-order valence-electron chi connectivity index (χ3n) is 8.03. The van der Waals surface area contributed by atoms with Crippen molar-refractivity contribution in [3.63, 3.8) is 0 Å². The van der Waals surface area contributed by atoms with Crippen molar-refractivity contribution in [2.45, 2.75) is 38.5 Å². The first-order valence-electron chi connectivity index (χ1n) is 10.4. The van der Waals surface area contributed by atoms with Crippen molar-refractivity contribution in [2.75, 3.05) is 39.3 Å². The number of fused-ring (bicyclic) bond motifs is 9. The molecule has 0 aliphatic carbocycles. The molecule has 0 radical (unpaired) electrons. The smallest absolute Gasteiger partial charge is 0.170 e. The monoisotopic (exact) mass is 436 g/mol. The molecule has 7 rings (SSSR count). The molecule has 26 heavy (non-hydrogen) atoms. The van der Waals surface area contributed by atoms with Gasteiger partial charge in [0.1, 0.15) is 0 Å². The Balaban J connectivity index is 1.59. The number of hydrogen-bond donors (Lipinski definition) is 0. The number of carbonyl (C=O) groups excluding carboxylic acids is 1. The van der Waals surface area contributed by atoms with E-state index in [1.54, 1.807) is 11.3 Å². The van der Waals surface area contributed by atoms with E-state index in [0.29, 0.717) is 17.6 Å². The summed E-state index contributed by atoms with van der Waals surface area (Å²) in [5.41, 5.74) is 0.859. The van der Waals surface area contributed by atoms with Gasteiger partial charge in [-0.05, 0) is 118 Å². The third-order valence-corrected chi connectivity index (χ3v) is 9.53. The Labute approximate surface area is 169 Å². The quantitative estimate of drug-likeness (QED) is 0.650. The van der Waals surface area contributed by atoms with E-state index in [2.05, 4.69) is 37.2 Å². The number of nitrogens with zero attached hydrogens (tertiary/aromatic N) is 2. The third kappa shape index (κ3) is 2.85. The molecule has 0 amide bonds. The van der Waals surface area contributed by atoms with Gasteiger partial charge in [0, 0.05) is 16.4 Å². The fraction of sp³-hybridized carbons (Fsp3) is 0.762. The van der Waals surface area contributed by atoms with Gasteiger partial charge in [-0.1, -0.05) is 0 Å². The molecule has 7 heterocycles. The molecule has 5 heteroatoms. The van der Waals surface area contributed by atoms with E-state index in [4.69, 9.17) is 0 Å². The first-order valence-corrected chi connectivity index (χ1v) is 12.1. The number of thiophene rings is 1. The zero-order valence-corrected chi connectivity index (χ0v) is 17.9. The molecule has 1 aromatic rings. The predicted molar refractivity (Wildman–Crippen MR) is 110 cm³/mol. The fourth-order valence-electron chi connectivity index (χ4n) is 6.69. The summed E-state index contributed by atoms with van der Waals surface area (Å²) in [4.78, 5) is 19.4. The number of carbonyl (C=O) groups is 1. The van der Waals surface area contributed by atoms with Crippen molar-refractivity contribution in [3.8, 4) is 0 Å². The molecular formula is C21H29BrN2OS. The molecule has 2 atom stereocenters. The van der Waals surface area contributed by atoms with Crippen molar-refractivity contribution in [1.82, 2.24) is 9.80 Å². The normalized spacial score (nSPS) is 42.4. The number of Topliss-reactive ketones (excluding diaryl/α,β-unsaturated/α-hetero) is 1. The van der Waals surface area contributed by atoms with Crippen LogP contribution in [0.1, 0.15) is 48.9 Å². The van der Waals surface area contributed by atoms with E-state index < -0.39 is 0 Å². The molecule has 6 aliphatic heterocycles. The molecule has 142 valence electrons. The van der Waals surface area contributed by atoms with Crippen LogP contribution in [-0.2, 0) is 0 Å². The minimum atomic E-state index is -0.114. The Kier molecular flexibility index (Phi) is 4.79. The van der Waals surface area contributed by atoms with Crippen LogP contribution >= 0.6 is 27.3 Å². The van der Waals surface area contributed by atoms with Gasteiger partial charge >= 0.3 is 0 Å². The van der Waals surface area contributed by atoms with Gasteiger partial charge in [0.15, 0.2) is 5.78 Å². The van der Waals surface area contributed by atoms with Crippen molar-refractivity contribution < 1.29 is 4.79 Å². The number of piperidine rings is 2. The highest BCUT2D eigenvalue weighted by molar-refractivity contribution is 9.11. The summed E-state index contributed by atoms with van der Waals surface area (Å²) in [6.45, 7) is 7.26. The second-order valence-corrected chi connectivity index (χ2v) is 11.2. The van der Waals surface area contributed by atoms with Crippen molar-refractivity contribution in [2.24, 2.45) is 23.2 Å². The lowest BCUT2D eigenvalue weighted by atomic mass is 9.55. The molecule has 2 unspecified atom stereocenters. The lowest BCUT2D eigenvalue weighted by Crippen LogP contribution is -2.48. The van der Waals surface area contributed by atoms with Crippen LogP contribution in [0.3, 0.4) is 0 Å². The topological polar surface area (TPSA) is 23.6 Å². The van der Waals surface area contributed by atoms with E-state index in [-0.39, 0.29) is 5.41 Å². The molecule has 6 aliphatic rings. The highest BCUT2D eigenvalue weighted by Gasteiger charge is 2.56. The minimum Gasteiger partial charge on any atom is -0.303 e. The van der Waals surface area contributed by atoms with Gasteiger partial charge in [-0.3, -0.25) is 4.79 Å². The van der Waals surface area contributed by atoms with Crippen molar-refractivity contribution >= 4 is 33.0 Å². The molecule has 0 aromatic carbocycles. The summed E-state index contributed by atoms with van der Waals surface area (Å²) in [5.74, 6) is 2.42. The van der Waals surface area contributed by atoms with E-state index in [9.17, 15) is 4.79 Å². The highest BCUT2D eigenvalue weighted by atomic mass is 79.9. The van der Waals surface area contributed by atoms with E-state index in [1.165, 1.54) is 64.8 Å². The maximum atomic E-state index is 14.1. The van der Waals surface area contributed by atoms with Gasteiger partial charge in [0.05, 0.1) is 3.79 Å². The van der Waals surface area contributed by atoms with E-state index in [0.717, 1.165) is 28.2 Å². The Hall–Kier alpha value is -0.230. The molecule has 0 spiro atoms. The largest absolute Gasteiger partial charge is 0.303 e. The van der Waals surface area contributed by atoms with Gasteiger partial charge < -0.3 is 9.80 Å². The Morgan fingerprint density at radius 1 is 1.00 bits per heavy atom. The van der Waals surface area contributed by atoms with Crippen LogP contribution < -0.4 is 0 Å². The van der Waals surface area contributed by atoms with Gasteiger partial charge in [-0.15, -0.1) is 11.3 Å². The van der Waals surface area contributed by atoms with Gasteiger partial charge in [0.25, 0.3) is 0 Å². The Bertz CT molecular complexity index is 675. The van der Waals surface area contributed by atoms with Crippen molar-refractivity contribution in [3.05, 3.63) is 20.8 Å². The second-order valence-electron chi connectivity index (χ2n) is 8.95. The van der Waals surface area contributed by atoms with Gasteiger partial charge in [-0.2, -0.15) is 0 Å². The first kappa shape index (κ1) is 17.8. The van der Waals surface area contributed by atoms with Crippen LogP contribution in [-0.4, -0.2) is 54.9 Å². The molecule has 6 fully saturated rings. The molecule has 4 bridgehead atoms. The zero-order valence-electron chi connectivity index (χ0n) is 15.5. The molecule has 6 saturated heterocycles. The van der Waals surface area contributed by atoms with Crippen LogP contribution in [0.4, 0.5) is 0 Å². The van der Waals surface area contributed by atoms with E-state index in [1.807, 2.05) is 0 Å². The number of ketones is 1. The average molecular weight is 437 g/mol. The second kappa shape index (κ2) is 6.98. The number of halogens is 1. The maximum Gasteiger partial charge on any atom is 0.170 e. The summed E-state index contributed by atoms with van der Waals surface area (Å²) < 4.78 is 1.09. The average Bonchev–Trinajstić information content (AvgIpc) is 2.87. The standard InChI is InChI=1S/C21H29BrN2OS/c22-19-13-16(14-26-19)20(25)21(6-12-24-9-3-17(21)4-10-24)18-5-11-23-7-1-15(18)2-8-23/h13-15,17-18H,1-12H2. The Morgan fingerprint density at radius 3 is 2.35 bits per heavy atom. The molecule has 0 saturated carbocycles. The molecular weight excluding hydrogens is 408 g/mol. The van der Waals surface area contributed by atoms with Crippen LogP contribution in [0.5, 0.6) is 0 Å². The number of hydrogen-bond acceptors (Lipinski definition) is 4. The highest BCUT2D eigenvalue weighted by Crippen LogP contribution is 2.55. The van der Waals surface area contributed by atoms with Crippen LogP contribution in [0.2, 0.25) is 0 Å². The lowest BCUT2D eigenvalue weighted by Gasteiger charge is -2.47. The first-order chi connectivity index (χ1) is 12.7. The summed E-state index contributed by atoms with van der Waals surface area (Å²) in [5, 5.41) is 2.10. The van der Waals surface area contributed by atoms with Crippen molar-refractivity contribution in [1.29, 1.82) is 0 Å². The number of rotatable bonds is 3. The Morgan fingerprint density at radius 2 is 1.65 bits per heavy atom. The summed E-state index contributed by atoms with van der Waals surface area (Å²) in [6.07, 6.45) is 7.39. The SMILES string of the molecule is O=C(c1csc(Br)c1)C1(C2CCN3CCC2CC3)CCN2CCC1CC2. The van der Waals surface area contributed by atoms with Gasteiger partial charge in [0.2, 0.25) is 0 Å². The maximum absolute atomic E-state index is 14.1. The molecule has 0 N–H and O–H groups in total. The van der Waals surface area contributed by atoms with Crippen LogP contribution in [0.15, 0.2) is 15.2 Å². The zero-order chi connectivity index (χ0) is 17.7.